The van der Waals surface area contributed by atoms with E-state index in [1.807, 2.05) is 19.0 Å². The van der Waals surface area contributed by atoms with Gasteiger partial charge >= 0.3 is 0 Å². The first kappa shape index (κ1) is 18.4. The van der Waals surface area contributed by atoms with E-state index in [1.165, 1.54) is 0 Å². The minimum atomic E-state index is -0.224. The number of rotatable bonds is 7. The summed E-state index contributed by atoms with van der Waals surface area (Å²) in [5, 5.41) is 14.0. The molecule has 26 heavy (non-hydrogen) atoms. The van der Waals surface area contributed by atoms with Crippen LogP contribution >= 0.6 is 0 Å². The summed E-state index contributed by atoms with van der Waals surface area (Å²) in [5.41, 5.74) is 0.303. The van der Waals surface area contributed by atoms with E-state index < -0.39 is 0 Å². The van der Waals surface area contributed by atoms with E-state index >= 15 is 0 Å². The van der Waals surface area contributed by atoms with E-state index in [9.17, 15) is 9.59 Å². The summed E-state index contributed by atoms with van der Waals surface area (Å²) in [6.45, 7) is 1.17. The van der Waals surface area contributed by atoms with Crippen molar-refractivity contribution in [1.82, 2.24) is 20.8 Å². The van der Waals surface area contributed by atoms with Crippen molar-refractivity contribution in [2.75, 3.05) is 32.1 Å². The van der Waals surface area contributed by atoms with Gasteiger partial charge in [0, 0.05) is 38.5 Å². The lowest BCUT2D eigenvalue weighted by Gasteiger charge is -2.21. The molecule has 7 heteroatoms. The van der Waals surface area contributed by atoms with Crippen LogP contribution in [0, 0.1) is 11.3 Å². The molecule has 2 aliphatic carbocycles. The lowest BCUT2D eigenvalue weighted by Crippen LogP contribution is -2.40. The Bertz CT molecular complexity index is 680. The van der Waals surface area contributed by atoms with Gasteiger partial charge in [0.1, 0.15) is 0 Å². The summed E-state index contributed by atoms with van der Waals surface area (Å²) in [5.74, 6) is 0.714. The first-order chi connectivity index (χ1) is 12.5. The van der Waals surface area contributed by atoms with Gasteiger partial charge in [-0.15, -0.1) is 10.2 Å². The van der Waals surface area contributed by atoms with Crippen LogP contribution in [0.5, 0.6) is 0 Å². The minimum absolute atomic E-state index is 0.00711. The topological polar surface area (TPSA) is 87.2 Å². The number of carbonyl (C=O) groups is 2. The van der Waals surface area contributed by atoms with Gasteiger partial charge in [0.2, 0.25) is 5.91 Å². The van der Waals surface area contributed by atoms with Gasteiger partial charge in [-0.1, -0.05) is 12.2 Å². The van der Waals surface area contributed by atoms with Crippen molar-refractivity contribution in [3.8, 4) is 0 Å². The van der Waals surface area contributed by atoms with Crippen LogP contribution in [0.4, 0.5) is 5.82 Å². The maximum absolute atomic E-state index is 12.3. The molecule has 0 bridgehead atoms. The predicted octanol–water partition coefficient (Wildman–Crippen LogP) is 1.53. The van der Waals surface area contributed by atoms with Crippen molar-refractivity contribution < 1.29 is 9.59 Å². The number of allylic oxidation sites excluding steroid dienone is 2. The average molecular weight is 357 g/mol. The molecular formula is C19H27N5O2. The number of amides is 2. The first-order valence-electron chi connectivity index (χ1n) is 9.21. The number of nitrogens with zero attached hydrogens (tertiary/aromatic N) is 3. The molecular weight excluding hydrogens is 330 g/mol. The molecule has 0 saturated heterocycles. The molecule has 1 heterocycles. The SMILES string of the molecule is CN(C)c1ccc(C(=O)NCC2(CNC(=O)[C@H]3CC=CCC3)CC2)nn1. The highest BCUT2D eigenvalue weighted by Gasteiger charge is 2.43. The lowest BCUT2D eigenvalue weighted by molar-refractivity contribution is -0.125. The fourth-order valence-corrected chi connectivity index (χ4v) is 3.09. The van der Waals surface area contributed by atoms with E-state index in [0.29, 0.717) is 24.6 Å². The molecule has 1 atom stereocenters. The zero-order valence-corrected chi connectivity index (χ0v) is 15.5. The smallest absolute Gasteiger partial charge is 0.271 e. The Morgan fingerprint density at radius 2 is 1.92 bits per heavy atom. The Kier molecular flexibility index (Phi) is 5.54. The number of hydrogen-bond donors (Lipinski definition) is 2. The lowest BCUT2D eigenvalue weighted by atomic mass is 9.93. The highest BCUT2D eigenvalue weighted by molar-refractivity contribution is 5.92. The van der Waals surface area contributed by atoms with Crippen molar-refractivity contribution in [2.24, 2.45) is 11.3 Å². The van der Waals surface area contributed by atoms with Crippen molar-refractivity contribution in [2.45, 2.75) is 32.1 Å². The van der Waals surface area contributed by atoms with Crippen molar-refractivity contribution in [1.29, 1.82) is 0 Å². The third-order valence-electron chi connectivity index (χ3n) is 5.20. The quantitative estimate of drug-likeness (QED) is 0.723. The van der Waals surface area contributed by atoms with Crippen molar-refractivity contribution in [3.63, 3.8) is 0 Å². The standard InChI is InChI=1S/C19H27N5O2/c1-24(2)16-9-8-15(22-23-16)18(26)21-13-19(10-11-19)12-20-17(25)14-6-4-3-5-7-14/h3-4,8-9,14H,5-7,10-13H2,1-2H3,(H,20,25)(H,21,26)/t14-/m0/s1. The van der Waals surface area contributed by atoms with Crippen LogP contribution < -0.4 is 15.5 Å². The maximum atomic E-state index is 12.3. The van der Waals surface area contributed by atoms with Crippen LogP contribution in [-0.4, -0.2) is 49.2 Å². The fourth-order valence-electron chi connectivity index (χ4n) is 3.09. The Morgan fingerprint density at radius 3 is 2.50 bits per heavy atom. The van der Waals surface area contributed by atoms with Gasteiger partial charge in [-0.25, -0.2) is 0 Å². The average Bonchev–Trinajstić information content (AvgIpc) is 3.45. The molecule has 2 N–H and O–H groups in total. The Morgan fingerprint density at radius 1 is 1.15 bits per heavy atom. The van der Waals surface area contributed by atoms with Crippen LogP contribution in [0.1, 0.15) is 42.6 Å². The van der Waals surface area contributed by atoms with E-state index in [-0.39, 0.29) is 23.1 Å². The van der Waals surface area contributed by atoms with E-state index in [1.54, 1.807) is 12.1 Å². The second kappa shape index (κ2) is 7.85. The molecule has 0 spiro atoms. The second-order valence-corrected chi connectivity index (χ2v) is 7.55. The van der Waals surface area contributed by atoms with E-state index in [2.05, 4.69) is 33.0 Å². The summed E-state index contributed by atoms with van der Waals surface area (Å²) in [6, 6.07) is 3.45. The Labute approximate surface area is 154 Å². The molecule has 2 aliphatic rings. The summed E-state index contributed by atoms with van der Waals surface area (Å²) in [4.78, 5) is 26.4. The van der Waals surface area contributed by atoms with Crippen LogP contribution in [0.2, 0.25) is 0 Å². The first-order valence-corrected chi connectivity index (χ1v) is 9.21. The van der Waals surface area contributed by atoms with E-state index in [4.69, 9.17) is 0 Å². The van der Waals surface area contributed by atoms with Gasteiger partial charge in [0.05, 0.1) is 0 Å². The van der Waals surface area contributed by atoms with Gasteiger partial charge in [-0.05, 0) is 44.2 Å². The van der Waals surface area contributed by atoms with Crippen molar-refractivity contribution >= 4 is 17.6 Å². The summed E-state index contributed by atoms with van der Waals surface area (Å²) in [7, 11) is 3.75. The van der Waals surface area contributed by atoms with Gasteiger partial charge in [-0.3, -0.25) is 9.59 Å². The molecule has 7 nitrogen and oxygen atoms in total. The largest absolute Gasteiger partial charge is 0.361 e. The minimum Gasteiger partial charge on any atom is -0.361 e. The zero-order chi connectivity index (χ0) is 18.6. The van der Waals surface area contributed by atoms with E-state index in [0.717, 1.165) is 32.1 Å². The fraction of sp³-hybridized carbons (Fsp3) is 0.579. The molecule has 0 radical (unpaired) electrons. The molecule has 1 saturated carbocycles. The van der Waals surface area contributed by atoms with Gasteiger partial charge in [0.25, 0.3) is 5.91 Å². The Balaban J connectivity index is 1.45. The highest BCUT2D eigenvalue weighted by atomic mass is 16.2. The van der Waals surface area contributed by atoms with Gasteiger partial charge in [0.15, 0.2) is 11.5 Å². The van der Waals surface area contributed by atoms with Crippen LogP contribution in [0.15, 0.2) is 24.3 Å². The monoisotopic (exact) mass is 357 g/mol. The predicted molar refractivity (Wildman–Crippen MR) is 99.8 cm³/mol. The number of anilines is 1. The molecule has 1 fully saturated rings. The molecule has 0 aromatic carbocycles. The molecule has 3 rings (SSSR count). The van der Waals surface area contributed by atoms with Gasteiger partial charge < -0.3 is 15.5 Å². The zero-order valence-electron chi connectivity index (χ0n) is 15.5. The molecule has 1 aromatic heterocycles. The number of carbonyl (C=O) groups excluding carboxylic acids is 2. The normalized spacial score (nSPS) is 20.3. The summed E-state index contributed by atoms with van der Waals surface area (Å²) < 4.78 is 0. The second-order valence-electron chi connectivity index (χ2n) is 7.55. The van der Waals surface area contributed by atoms with Crippen molar-refractivity contribution in [3.05, 3.63) is 30.0 Å². The maximum Gasteiger partial charge on any atom is 0.271 e. The number of nitrogens with one attached hydrogen (secondary N) is 2. The van der Waals surface area contributed by atoms with Gasteiger partial charge in [-0.2, -0.15) is 0 Å². The van der Waals surface area contributed by atoms with Crippen LogP contribution in [0.25, 0.3) is 0 Å². The number of hydrogen-bond acceptors (Lipinski definition) is 5. The molecule has 0 unspecified atom stereocenters. The summed E-state index contributed by atoms with van der Waals surface area (Å²) >= 11 is 0. The molecule has 0 aliphatic heterocycles. The third kappa shape index (κ3) is 4.59. The summed E-state index contributed by atoms with van der Waals surface area (Å²) in [6.07, 6.45) is 8.99. The Hall–Kier alpha value is -2.44. The molecule has 140 valence electrons. The third-order valence-corrected chi connectivity index (χ3v) is 5.20. The van der Waals surface area contributed by atoms with Crippen LogP contribution in [-0.2, 0) is 4.79 Å². The molecule has 1 aromatic rings. The number of aromatic nitrogens is 2. The highest BCUT2D eigenvalue weighted by Crippen LogP contribution is 2.44. The molecule has 2 amide bonds. The van der Waals surface area contributed by atoms with Crippen LogP contribution in [0.3, 0.4) is 0 Å².